The predicted molar refractivity (Wildman–Crippen MR) is 130 cm³/mol. The van der Waals surface area contributed by atoms with E-state index in [1.54, 1.807) is 47.9 Å². The number of piperidine rings is 1. The fraction of sp³-hybridized carbons (Fsp3) is 0.440. The van der Waals surface area contributed by atoms with Crippen molar-refractivity contribution in [3.63, 3.8) is 0 Å². The Kier molecular flexibility index (Phi) is 7.21. The van der Waals surface area contributed by atoms with Crippen molar-refractivity contribution in [3.8, 4) is 0 Å². The van der Waals surface area contributed by atoms with Crippen molar-refractivity contribution < 1.29 is 26.0 Å². The van der Waals surface area contributed by atoms with Crippen LogP contribution in [0.2, 0.25) is 0 Å². The van der Waals surface area contributed by atoms with Crippen LogP contribution < -0.4 is 4.90 Å². The standard InChI is InChI=1S/C25H27F4N5O2S/c26-20-13-23(32-10-8-19(9-11-32)33-15-30-31-16-33)21(27)12-18(20)14-34-22(25(28)29)6-7-24(37(34,35)36)17-4-2-1-3-5-17/h1-5,12-13,15-16,19,22,24-25H,6-11,14H2/t22-,24-/m1/s1. The number of hydrogen-bond acceptors (Lipinski definition) is 5. The van der Waals surface area contributed by atoms with E-state index in [1.165, 1.54) is 0 Å². The maximum Gasteiger partial charge on any atom is 0.255 e. The Morgan fingerprint density at radius 1 is 0.919 bits per heavy atom. The summed E-state index contributed by atoms with van der Waals surface area (Å²) in [5.74, 6) is -1.55. The fourth-order valence-electron chi connectivity index (χ4n) is 5.34. The van der Waals surface area contributed by atoms with E-state index in [9.17, 15) is 17.2 Å². The smallest absolute Gasteiger partial charge is 0.255 e. The third kappa shape index (κ3) is 5.08. The lowest BCUT2D eigenvalue weighted by molar-refractivity contribution is 0.0472. The molecule has 0 aliphatic carbocycles. The lowest BCUT2D eigenvalue weighted by atomic mass is 10.0. The van der Waals surface area contributed by atoms with Gasteiger partial charge in [0.1, 0.15) is 29.5 Å². The zero-order valence-corrected chi connectivity index (χ0v) is 20.7. The number of anilines is 1. The second-order valence-corrected chi connectivity index (χ2v) is 11.6. The van der Waals surface area contributed by atoms with Gasteiger partial charge in [-0.2, -0.15) is 4.31 Å². The predicted octanol–water partition coefficient (Wildman–Crippen LogP) is 4.70. The summed E-state index contributed by atoms with van der Waals surface area (Å²) >= 11 is 0. The lowest BCUT2D eigenvalue weighted by Gasteiger charge is -2.39. The summed E-state index contributed by atoms with van der Waals surface area (Å²) in [4.78, 5) is 1.73. The van der Waals surface area contributed by atoms with Gasteiger partial charge in [0, 0.05) is 37.3 Å². The Hall–Kier alpha value is -2.99. The Bertz CT molecular complexity index is 1320. The summed E-state index contributed by atoms with van der Waals surface area (Å²) in [6.45, 7) is 0.288. The van der Waals surface area contributed by atoms with Gasteiger partial charge in [-0.3, -0.25) is 0 Å². The molecule has 37 heavy (non-hydrogen) atoms. The van der Waals surface area contributed by atoms with E-state index < -0.39 is 45.9 Å². The highest BCUT2D eigenvalue weighted by atomic mass is 32.2. The van der Waals surface area contributed by atoms with Crippen LogP contribution >= 0.6 is 0 Å². The average molecular weight is 538 g/mol. The monoisotopic (exact) mass is 537 g/mol. The maximum absolute atomic E-state index is 15.2. The van der Waals surface area contributed by atoms with E-state index in [4.69, 9.17) is 0 Å². The molecule has 3 aromatic rings. The number of hydrogen-bond donors (Lipinski definition) is 0. The number of benzene rings is 2. The van der Waals surface area contributed by atoms with Crippen molar-refractivity contribution in [1.29, 1.82) is 0 Å². The van der Waals surface area contributed by atoms with E-state index in [0.717, 1.165) is 12.1 Å². The molecule has 3 heterocycles. The highest BCUT2D eigenvalue weighted by Crippen LogP contribution is 2.40. The molecule has 0 bridgehead atoms. The third-order valence-electron chi connectivity index (χ3n) is 7.35. The summed E-state index contributed by atoms with van der Waals surface area (Å²) in [6.07, 6.45) is 1.61. The molecule has 7 nitrogen and oxygen atoms in total. The Balaban J connectivity index is 1.37. The molecule has 0 amide bonds. The van der Waals surface area contributed by atoms with Gasteiger partial charge in [-0.05, 0) is 37.3 Å². The topological polar surface area (TPSA) is 71.3 Å². The van der Waals surface area contributed by atoms with Crippen molar-refractivity contribution in [2.75, 3.05) is 18.0 Å². The molecule has 2 fully saturated rings. The largest absolute Gasteiger partial charge is 0.369 e. The molecule has 2 saturated heterocycles. The zero-order valence-electron chi connectivity index (χ0n) is 19.9. The third-order valence-corrected chi connectivity index (χ3v) is 9.63. The first kappa shape index (κ1) is 25.7. The molecule has 2 aliphatic rings. The molecule has 2 aliphatic heterocycles. The first-order chi connectivity index (χ1) is 17.8. The number of halogens is 4. The van der Waals surface area contributed by atoms with E-state index in [0.29, 0.717) is 35.8 Å². The zero-order chi connectivity index (χ0) is 26.2. The molecule has 12 heteroatoms. The first-order valence-electron chi connectivity index (χ1n) is 12.2. The Morgan fingerprint density at radius 2 is 1.59 bits per heavy atom. The summed E-state index contributed by atoms with van der Waals surface area (Å²) in [5.41, 5.74) is 0.276. The molecule has 0 unspecified atom stereocenters. The SMILES string of the molecule is O=S1(=O)[C@@H](c2ccccc2)CC[C@H](C(F)F)N1Cc1cc(F)c(N2CCC(n3cnnc3)CC2)cc1F. The average Bonchev–Trinajstić information content (AvgIpc) is 3.42. The van der Waals surface area contributed by atoms with Crippen LogP contribution in [0.3, 0.4) is 0 Å². The van der Waals surface area contributed by atoms with Gasteiger partial charge >= 0.3 is 0 Å². The molecule has 198 valence electrons. The molecule has 2 atom stereocenters. The van der Waals surface area contributed by atoms with Gasteiger partial charge in [0.15, 0.2) is 0 Å². The van der Waals surface area contributed by atoms with Crippen molar-refractivity contribution in [2.24, 2.45) is 0 Å². The van der Waals surface area contributed by atoms with E-state index in [-0.39, 0.29) is 30.1 Å². The van der Waals surface area contributed by atoms with Crippen LogP contribution in [0.25, 0.3) is 0 Å². The van der Waals surface area contributed by atoms with E-state index in [2.05, 4.69) is 10.2 Å². The van der Waals surface area contributed by atoms with Crippen LogP contribution in [0.4, 0.5) is 23.2 Å². The van der Waals surface area contributed by atoms with Crippen molar-refractivity contribution in [3.05, 3.63) is 77.9 Å². The second kappa shape index (κ2) is 10.4. The first-order valence-corrected chi connectivity index (χ1v) is 13.7. The molecule has 0 saturated carbocycles. The molecule has 5 rings (SSSR count). The van der Waals surface area contributed by atoms with Gasteiger partial charge in [-0.15, -0.1) is 10.2 Å². The number of rotatable bonds is 6. The minimum atomic E-state index is -4.26. The maximum atomic E-state index is 15.2. The van der Waals surface area contributed by atoms with Crippen molar-refractivity contribution >= 4 is 15.7 Å². The number of aromatic nitrogens is 3. The minimum Gasteiger partial charge on any atom is -0.369 e. The number of alkyl halides is 2. The summed E-state index contributed by atoms with van der Waals surface area (Å²) in [6, 6.07) is 8.86. The molecule has 0 spiro atoms. The number of sulfonamides is 1. The Labute approximate surface area is 212 Å². The minimum absolute atomic E-state index is 0.0265. The van der Waals surface area contributed by atoms with Gasteiger partial charge in [0.05, 0.1) is 11.7 Å². The molecule has 0 radical (unpaired) electrons. The highest BCUT2D eigenvalue weighted by Gasteiger charge is 2.45. The van der Waals surface area contributed by atoms with Crippen molar-refractivity contribution in [1.82, 2.24) is 19.1 Å². The van der Waals surface area contributed by atoms with Crippen molar-refractivity contribution in [2.45, 2.75) is 56.0 Å². The quantitative estimate of drug-likeness (QED) is 0.427. The van der Waals surface area contributed by atoms with Gasteiger partial charge in [-0.25, -0.2) is 26.0 Å². The van der Waals surface area contributed by atoms with Gasteiger partial charge < -0.3 is 9.47 Å². The fourth-order valence-corrected chi connectivity index (χ4v) is 7.50. The summed E-state index contributed by atoms with van der Waals surface area (Å²) in [7, 11) is -4.26. The Morgan fingerprint density at radius 3 is 2.24 bits per heavy atom. The molecule has 1 aromatic heterocycles. The molecular weight excluding hydrogens is 510 g/mol. The lowest BCUT2D eigenvalue weighted by Crippen LogP contribution is -2.49. The summed E-state index contributed by atoms with van der Waals surface area (Å²) in [5, 5.41) is 6.58. The van der Waals surface area contributed by atoms with Gasteiger partial charge in [0.2, 0.25) is 10.0 Å². The van der Waals surface area contributed by atoms with Crippen LogP contribution in [0.1, 0.15) is 48.1 Å². The van der Waals surface area contributed by atoms with Gasteiger partial charge in [0.25, 0.3) is 6.43 Å². The second-order valence-electron chi connectivity index (χ2n) is 9.49. The summed E-state index contributed by atoms with van der Waals surface area (Å²) < 4.78 is 87.5. The highest BCUT2D eigenvalue weighted by molar-refractivity contribution is 7.89. The van der Waals surface area contributed by atoms with Crippen LogP contribution in [0, 0.1) is 11.6 Å². The van der Waals surface area contributed by atoms with E-state index >= 15 is 8.78 Å². The molecule has 0 N–H and O–H groups in total. The molecular formula is C25H27F4N5O2S. The normalized spacial score (nSPS) is 23.0. The number of nitrogens with zero attached hydrogens (tertiary/aromatic N) is 5. The van der Waals surface area contributed by atoms with Crippen LogP contribution in [-0.4, -0.2) is 53.0 Å². The molecule has 2 aromatic carbocycles. The van der Waals surface area contributed by atoms with Crippen LogP contribution in [0.5, 0.6) is 0 Å². The van der Waals surface area contributed by atoms with Crippen LogP contribution in [0.15, 0.2) is 55.1 Å². The van der Waals surface area contributed by atoms with Crippen LogP contribution in [-0.2, 0) is 16.6 Å². The van der Waals surface area contributed by atoms with Gasteiger partial charge in [-0.1, -0.05) is 30.3 Å². The van der Waals surface area contributed by atoms with E-state index in [1.807, 2.05) is 4.57 Å².